The van der Waals surface area contributed by atoms with Gasteiger partial charge in [0.05, 0.1) is 22.4 Å². The molecular weight excluding hydrogens is 324 g/mol. The van der Waals surface area contributed by atoms with E-state index >= 15 is 0 Å². The standard InChI is InChI=1S/C9H13BrN4O3S/c1-14-4-7(13-18(14,15)16)5-17-9-8(10)2-6(11)3-12-9/h2-3,7,13H,4-5,11H2,1H3. The number of nitrogens with two attached hydrogens (primary N) is 1. The highest BCUT2D eigenvalue weighted by Crippen LogP contribution is 2.24. The van der Waals surface area contributed by atoms with Crippen LogP contribution in [0.2, 0.25) is 0 Å². The van der Waals surface area contributed by atoms with Gasteiger partial charge in [-0.1, -0.05) is 0 Å². The molecule has 3 N–H and O–H groups in total. The predicted octanol–water partition coefficient (Wildman–Crippen LogP) is -0.0465. The van der Waals surface area contributed by atoms with Crippen LogP contribution in [0, 0.1) is 0 Å². The summed E-state index contributed by atoms with van der Waals surface area (Å²) in [6, 6.07) is 1.39. The summed E-state index contributed by atoms with van der Waals surface area (Å²) in [4.78, 5) is 4.01. The zero-order valence-corrected chi connectivity index (χ0v) is 12.0. The van der Waals surface area contributed by atoms with Gasteiger partial charge >= 0.3 is 0 Å². The molecule has 7 nitrogen and oxygen atoms in total. The number of hydrogen-bond acceptors (Lipinski definition) is 5. The van der Waals surface area contributed by atoms with Gasteiger partial charge in [0.25, 0.3) is 10.2 Å². The van der Waals surface area contributed by atoms with Gasteiger partial charge in [0.1, 0.15) is 6.61 Å². The molecule has 1 aromatic heterocycles. The topological polar surface area (TPSA) is 97.5 Å². The molecule has 1 saturated heterocycles. The molecule has 0 spiro atoms. The van der Waals surface area contributed by atoms with Crippen LogP contribution in [0.15, 0.2) is 16.7 Å². The summed E-state index contributed by atoms with van der Waals surface area (Å²) in [5.74, 6) is 0.387. The van der Waals surface area contributed by atoms with Crippen molar-refractivity contribution in [2.24, 2.45) is 0 Å². The van der Waals surface area contributed by atoms with E-state index in [-0.39, 0.29) is 12.6 Å². The lowest BCUT2D eigenvalue weighted by atomic mass is 10.3. The van der Waals surface area contributed by atoms with Crippen LogP contribution in [0.3, 0.4) is 0 Å². The molecule has 0 amide bonds. The first-order valence-corrected chi connectivity index (χ1v) is 7.39. The summed E-state index contributed by atoms with van der Waals surface area (Å²) in [6.07, 6.45) is 1.48. The third kappa shape index (κ3) is 2.91. The number of hydrogen-bond donors (Lipinski definition) is 2. The van der Waals surface area contributed by atoms with Crippen molar-refractivity contribution in [3.05, 3.63) is 16.7 Å². The van der Waals surface area contributed by atoms with Gasteiger partial charge in [-0.2, -0.15) is 17.4 Å². The Kier molecular flexibility index (Phi) is 3.76. The minimum atomic E-state index is -3.34. The average molecular weight is 337 g/mol. The highest BCUT2D eigenvalue weighted by atomic mass is 79.9. The Hall–Kier alpha value is -0.900. The van der Waals surface area contributed by atoms with Gasteiger partial charge in [0.2, 0.25) is 5.88 Å². The smallest absolute Gasteiger partial charge is 0.279 e. The zero-order valence-electron chi connectivity index (χ0n) is 9.63. The van der Waals surface area contributed by atoms with Crippen molar-refractivity contribution >= 4 is 31.8 Å². The molecule has 0 bridgehead atoms. The van der Waals surface area contributed by atoms with Gasteiger partial charge in [0, 0.05) is 13.6 Å². The van der Waals surface area contributed by atoms with E-state index < -0.39 is 10.2 Å². The van der Waals surface area contributed by atoms with E-state index in [9.17, 15) is 8.42 Å². The molecular formula is C9H13BrN4O3S. The molecule has 9 heteroatoms. The maximum atomic E-state index is 11.4. The second kappa shape index (κ2) is 5.00. The monoisotopic (exact) mass is 336 g/mol. The molecule has 1 aromatic rings. The Bertz CT molecular complexity index is 551. The first-order valence-electron chi connectivity index (χ1n) is 5.16. The maximum Gasteiger partial charge on any atom is 0.279 e. The van der Waals surface area contributed by atoms with Crippen molar-refractivity contribution in [1.82, 2.24) is 14.0 Å². The summed E-state index contributed by atoms with van der Waals surface area (Å²) in [5.41, 5.74) is 6.08. The number of anilines is 1. The van der Waals surface area contributed by atoms with E-state index in [1.165, 1.54) is 17.5 Å². The fourth-order valence-corrected chi connectivity index (χ4v) is 3.16. The molecule has 1 unspecified atom stereocenters. The molecule has 100 valence electrons. The quantitative estimate of drug-likeness (QED) is 0.806. The Balaban J connectivity index is 1.97. The number of nitrogens with one attached hydrogen (secondary N) is 1. The third-order valence-electron chi connectivity index (χ3n) is 2.45. The summed E-state index contributed by atoms with van der Waals surface area (Å²) >= 11 is 3.27. The second-order valence-corrected chi connectivity index (χ2v) is 6.63. The van der Waals surface area contributed by atoms with Gasteiger partial charge in [-0.3, -0.25) is 0 Å². The maximum absolute atomic E-state index is 11.4. The number of halogens is 1. The number of likely N-dealkylation sites (N-methyl/N-ethyl adjacent to an activating group) is 1. The van der Waals surface area contributed by atoms with E-state index in [0.717, 1.165) is 0 Å². The Morgan fingerprint density at radius 2 is 2.44 bits per heavy atom. The van der Waals surface area contributed by atoms with E-state index in [1.54, 1.807) is 6.07 Å². The van der Waals surface area contributed by atoms with Crippen LogP contribution in [0.1, 0.15) is 0 Å². The number of rotatable bonds is 3. The van der Waals surface area contributed by atoms with Gasteiger partial charge < -0.3 is 10.5 Å². The van der Waals surface area contributed by atoms with Crippen LogP contribution in [0.5, 0.6) is 5.88 Å². The highest BCUT2D eigenvalue weighted by molar-refractivity contribution is 9.10. The number of aromatic nitrogens is 1. The van der Waals surface area contributed by atoms with Crippen LogP contribution in [-0.4, -0.2) is 43.9 Å². The van der Waals surface area contributed by atoms with Crippen molar-refractivity contribution in [2.75, 3.05) is 25.9 Å². The molecule has 0 saturated carbocycles. The molecule has 1 aliphatic rings. The minimum absolute atomic E-state index is 0.207. The first-order chi connectivity index (χ1) is 8.38. The van der Waals surface area contributed by atoms with Gasteiger partial charge in [-0.25, -0.2) is 4.98 Å². The van der Waals surface area contributed by atoms with Crippen LogP contribution in [-0.2, 0) is 10.2 Å². The first kappa shape index (κ1) is 13.5. The summed E-state index contributed by atoms with van der Waals surface area (Å²) in [7, 11) is -1.83. The second-order valence-electron chi connectivity index (χ2n) is 3.97. The number of ether oxygens (including phenoxy) is 1. The molecule has 1 atom stereocenters. The van der Waals surface area contributed by atoms with Crippen LogP contribution in [0.4, 0.5) is 5.69 Å². The molecule has 0 aromatic carbocycles. The SMILES string of the molecule is CN1CC(COc2ncc(N)cc2Br)NS1(=O)=O. The van der Waals surface area contributed by atoms with Crippen LogP contribution >= 0.6 is 15.9 Å². The molecule has 2 heterocycles. The Morgan fingerprint density at radius 1 is 1.72 bits per heavy atom. The van der Waals surface area contributed by atoms with Crippen molar-refractivity contribution in [1.29, 1.82) is 0 Å². The fourth-order valence-electron chi connectivity index (χ4n) is 1.56. The lowest BCUT2D eigenvalue weighted by Gasteiger charge is -2.11. The van der Waals surface area contributed by atoms with E-state index in [2.05, 4.69) is 25.6 Å². The fraction of sp³-hybridized carbons (Fsp3) is 0.444. The summed E-state index contributed by atoms with van der Waals surface area (Å²) in [5, 5.41) is 0. The van der Waals surface area contributed by atoms with Crippen molar-refractivity contribution in [3.8, 4) is 5.88 Å². The molecule has 0 radical (unpaired) electrons. The largest absolute Gasteiger partial charge is 0.475 e. The van der Waals surface area contributed by atoms with Crippen molar-refractivity contribution < 1.29 is 13.2 Å². The summed E-state index contributed by atoms with van der Waals surface area (Å²) < 4.78 is 32.6. The molecule has 0 aliphatic carbocycles. The zero-order chi connectivity index (χ0) is 13.3. The Morgan fingerprint density at radius 3 is 3.00 bits per heavy atom. The molecule has 2 rings (SSSR count). The lowest BCUT2D eigenvalue weighted by molar-refractivity contribution is 0.266. The normalized spacial score (nSPS) is 23.1. The number of nitrogens with zero attached hydrogens (tertiary/aromatic N) is 2. The number of pyridine rings is 1. The average Bonchev–Trinajstić information content (AvgIpc) is 2.51. The van der Waals surface area contributed by atoms with E-state index in [0.29, 0.717) is 22.6 Å². The predicted molar refractivity (Wildman–Crippen MR) is 70.3 cm³/mol. The number of nitrogen functional groups attached to an aromatic ring is 1. The van der Waals surface area contributed by atoms with Crippen LogP contribution < -0.4 is 15.2 Å². The summed E-state index contributed by atoms with van der Waals surface area (Å²) in [6.45, 7) is 0.577. The lowest BCUT2D eigenvalue weighted by Crippen LogP contribution is -2.32. The van der Waals surface area contributed by atoms with Gasteiger partial charge in [-0.05, 0) is 22.0 Å². The van der Waals surface area contributed by atoms with Crippen LogP contribution in [0.25, 0.3) is 0 Å². The van der Waals surface area contributed by atoms with E-state index in [1.807, 2.05) is 0 Å². The van der Waals surface area contributed by atoms with Gasteiger partial charge in [0.15, 0.2) is 0 Å². The molecule has 1 fully saturated rings. The minimum Gasteiger partial charge on any atom is -0.475 e. The molecule has 1 aliphatic heterocycles. The molecule has 18 heavy (non-hydrogen) atoms. The van der Waals surface area contributed by atoms with Gasteiger partial charge in [-0.15, -0.1) is 0 Å². The third-order valence-corrected chi connectivity index (χ3v) is 4.62. The van der Waals surface area contributed by atoms with E-state index in [4.69, 9.17) is 10.5 Å². The van der Waals surface area contributed by atoms with Crippen molar-refractivity contribution in [3.63, 3.8) is 0 Å². The Labute approximate surface area is 114 Å². The van der Waals surface area contributed by atoms with Crippen molar-refractivity contribution in [2.45, 2.75) is 6.04 Å². The highest BCUT2D eigenvalue weighted by Gasteiger charge is 2.32.